The first-order valence-corrected chi connectivity index (χ1v) is 10.9. The van der Waals surface area contributed by atoms with Crippen molar-refractivity contribution in [1.29, 1.82) is 0 Å². The van der Waals surface area contributed by atoms with E-state index in [1.807, 2.05) is 97.9 Å². The van der Waals surface area contributed by atoms with Crippen molar-refractivity contribution in [2.45, 2.75) is 19.6 Å². The zero-order chi connectivity index (χ0) is 20.9. The Morgan fingerprint density at radius 2 is 1.60 bits per heavy atom. The smallest absolute Gasteiger partial charge is 0.266 e. The fraction of sp³-hybridized carbons (Fsp3) is 0.120. The highest BCUT2D eigenvalue weighted by atomic mass is 32.2. The fourth-order valence-electron chi connectivity index (χ4n) is 3.30. The van der Waals surface area contributed by atoms with E-state index in [1.54, 1.807) is 4.90 Å². The molecule has 1 fully saturated rings. The third-order valence-electron chi connectivity index (χ3n) is 4.94. The molecule has 1 atom stereocenters. The summed E-state index contributed by atoms with van der Waals surface area (Å²) in [5.41, 5.74) is 3.01. The second-order valence-corrected chi connectivity index (χ2v) is 8.63. The molecule has 0 aliphatic carbocycles. The van der Waals surface area contributed by atoms with Gasteiger partial charge in [-0.2, -0.15) is 0 Å². The minimum atomic E-state index is -0.117. The molecule has 4 rings (SSSR count). The van der Waals surface area contributed by atoms with Crippen LogP contribution >= 0.6 is 24.0 Å². The molecular weight excluding hydrogens is 410 g/mol. The number of carbonyl (C=O) groups excluding carboxylic acids is 1. The summed E-state index contributed by atoms with van der Waals surface area (Å²) in [5.74, 6) is 0.668. The number of amides is 1. The zero-order valence-electron chi connectivity index (χ0n) is 16.5. The van der Waals surface area contributed by atoms with Crippen LogP contribution in [-0.4, -0.2) is 15.1 Å². The van der Waals surface area contributed by atoms with E-state index in [0.29, 0.717) is 15.8 Å². The molecule has 0 saturated carbocycles. The molecular formula is C25H21NO2S2. The number of hydrogen-bond acceptors (Lipinski definition) is 4. The first kappa shape index (κ1) is 20.4. The molecule has 0 radical (unpaired) electrons. The van der Waals surface area contributed by atoms with Crippen molar-refractivity contribution >= 4 is 40.3 Å². The third kappa shape index (κ3) is 4.48. The molecule has 0 bridgehead atoms. The molecule has 150 valence electrons. The Labute approximate surface area is 186 Å². The summed E-state index contributed by atoms with van der Waals surface area (Å²) in [5, 5.41) is 0. The van der Waals surface area contributed by atoms with E-state index < -0.39 is 0 Å². The van der Waals surface area contributed by atoms with E-state index in [-0.39, 0.29) is 11.9 Å². The van der Waals surface area contributed by atoms with Gasteiger partial charge in [-0.1, -0.05) is 103 Å². The van der Waals surface area contributed by atoms with Gasteiger partial charge in [-0.05, 0) is 30.2 Å². The number of carbonyl (C=O) groups is 1. The lowest BCUT2D eigenvalue weighted by atomic mass is 10.1. The number of rotatable bonds is 6. The van der Waals surface area contributed by atoms with Gasteiger partial charge >= 0.3 is 0 Å². The maximum Gasteiger partial charge on any atom is 0.266 e. The van der Waals surface area contributed by atoms with Crippen molar-refractivity contribution < 1.29 is 9.53 Å². The first-order valence-electron chi connectivity index (χ1n) is 9.71. The number of benzene rings is 3. The van der Waals surface area contributed by atoms with E-state index in [1.165, 1.54) is 11.8 Å². The van der Waals surface area contributed by atoms with Gasteiger partial charge in [0.15, 0.2) is 0 Å². The summed E-state index contributed by atoms with van der Waals surface area (Å²) in [7, 11) is 0. The van der Waals surface area contributed by atoms with E-state index in [9.17, 15) is 4.79 Å². The van der Waals surface area contributed by atoms with Gasteiger partial charge in [0.2, 0.25) is 0 Å². The fourth-order valence-corrected chi connectivity index (χ4v) is 4.71. The Morgan fingerprint density at radius 1 is 0.967 bits per heavy atom. The lowest BCUT2D eigenvalue weighted by molar-refractivity contribution is -0.123. The molecule has 3 aromatic carbocycles. The topological polar surface area (TPSA) is 29.5 Å². The summed E-state index contributed by atoms with van der Waals surface area (Å²) in [4.78, 5) is 15.4. The van der Waals surface area contributed by atoms with Gasteiger partial charge < -0.3 is 4.74 Å². The summed E-state index contributed by atoms with van der Waals surface area (Å²) in [6.45, 7) is 2.47. The number of thiocarbonyl (C=S) groups is 1. The summed E-state index contributed by atoms with van der Waals surface area (Å²) < 4.78 is 6.60. The van der Waals surface area contributed by atoms with Crippen molar-refractivity contribution in [2.75, 3.05) is 0 Å². The van der Waals surface area contributed by atoms with E-state index in [4.69, 9.17) is 17.0 Å². The Kier molecular flexibility index (Phi) is 6.31. The van der Waals surface area contributed by atoms with Gasteiger partial charge in [-0.3, -0.25) is 9.69 Å². The van der Waals surface area contributed by atoms with Crippen molar-refractivity contribution in [2.24, 2.45) is 0 Å². The van der Waals surface area contributed by atoms with Crippen LogP contribution < -0.4 is 4.74 Å². The molecule has 30 heavy (non-hydrogen) atoms. The highest BCUT2D eigenvalue weighted by Gasteiger charge is 2.36. The first-order chi connectivity index (χ1) is 14.6. The average Bonchev–Trinajstić information content (AvgIpc) is 3.06. The Hall–Kier alpha value is -2.89. The van der Waals surface area contributed by atoms with Gasteiger partial charge in [0.1, 0.15) is 16.7 Å². The van der Waals surface area contributed by atoms with Crippen LogP contribution in [-0.2, 0) is 11.4 Å². The van der Waals surface area contributed by atoms with Gasteiger partial charge in [-0.15, -0.1) is 0 Å². The van der Waals surface area contributed by atoms with Crippen LogP contribution in [0.5, 0.6) is 5.75 Å². The van der Waals surface area contributed by atoms with Crippen LogP contribution in [0.3, 0.4) is 0 Å². The Morgan fingerprint density at radius 3 is 2.33 bits per heavy atom. The predicted molar refractivity (Wildman–Crippen MR) is 127 cm³/mol. The minimum absolute atomic E-state index is 0.0702. The van der Waals surface area contributed by atoms with Crippen LogP contribution in [0.1, 0.15) is 29.7 Å². The molecule has 0 aromatic heterocycles. The molecule has 5 heteroatoms. The molecule has 3 nitrogen and oxygen atoms in total. The quantitative estimate of drug-likeness (QED) is 0.342. The number of nitrogens with zero attached hydrogens (tertiary/aromatic N) is 1. The molecule has 3 aromatic rings. The summed E-state index contributed by atoms with van der Waals surface area (Å²) >= 11 is 6.87. The summed E-state index contributed by atoms with van der Waals surface area (Å²) in [6, 6.07) is 27.6. The van der Waals surface area contributed by atoms with Crippen molar-refractivity contribution in [3.63, 3.8) is 0 Å². The maximum atomic E-state index is 13.1. The molecule has 0 spiro atoms. The lowest BCUT2D eigenvalue weighted by Crippen LogP contribution is -2.30. The average molecular weight is 432 g/mol. The largest absolute Gasteiger partial charge is 0.488 e. The zero-order valence-corrected chi connectivity index (χ0v) is 18.2. The van der Waals surface area contributed by atoms with Gasteiger partial charge in [-0.25, -0.2) is 0 Å². The van der Waals surface area contributed by atoms with E-state index in [0.717, 1.165) is 22.4 Å². The van der Waals surface area contributed by atoms with Crippen LogP contribution in [0.25, 0.3) is 6.08 Å². The Balaban J connectivity index is 1.55. The standard InChI is InChI=1S/C25H21NO2S2/c1-18(20-12-6-3-7-13-20)26-24(27)23(30-25(26)29)16-21-14-8-9-15-22(21)28-17-19-10-4-2-5-11-19/h2-16,18H,17H2,1H3/b23-16-. The normalized spacial score (nSPS) is 16.2. The second kappa shape index (κ2) is 9.28. The SMILES string of the molecule is CC(c1ccccc1)N1C(=O)/C(=C/c2ccccc2OCc2ccccc2)SC1=S. The molecule has 1 unspecified atom stereocenters. The van der Waals surface area contributed by atoms with Crippen LogP contribution in [0, 0.1) is 0 Å². The van der Waals surface area contributed by atoms with Crippen LogP contribution in [0.15, 0.2) is 89.8 Å². The second-order valence-electron chi connectivity index (χ2n) is 6.95. The molecule has 1 amide bonds. The van der Waals surface area contributed by atoms with Crippen LogP contribution in [0.2, 0.25) is 0 Å². The van der Waals surface area contributed by atoms with E-state index >= 15 is 0 Å². The maximum absolute atomic E-state index is 13.1. The van der Waals surface area contributed by atoms with E-state index in [2.05, 4.69) is 0 Å². The Bertz CT molecular complexity index is 1080. The molecule has 1 aliphatic rings. The lowest BCUT2D eigenvalue weighted by Gasteiger charge is -2.23. The summed E-state index contributed by atoms with van der Waals surface area (Å²) in [6.07, 6.45) is 1.87. The monoisotopic (exact) mass is 431 g/mol. The van der Waals surface area contributed by atoms with Crippen molar-refractivity contribution in [3.05, 3.63) is 107 Å². The number of ether oxygens (including phenoxy) is 1. The van der Waals surface area contributed by atoms with Crippen molar-refractivity contribution in [3.8, 4) is 5.75 Å². The van der Waals surface area contributed by atoms with Gasteiger partial charge in [0.05, 0.1) is 10.9 Å². The highest BCUT2D eigenvalue weighted by Crippen LogP contribution is 2.38. The number of hydrogen-bond donors (Lipinski definition) is 0. The third-order valence-corrected chi connectivity index (χ3v) is 6.27. The highest BCUT2D eigenvalue weighted by molar-refractivity contribution is 8.26. The van der Waals surface area contributed by atoms with Gasteiger partial charge in [0.25, 0.3) is 5.91 Å². The van der Waals surface area contributed by atoms with Crippen molar-refractivity contribution in [1.82, 2.24) is 4.90 Å². The number of para-hydroxylation sites is 1. The van der Waals surface area contributed by atoms with Gasteiger partial charge in [0, 0.05) is 5.56 Å². The minimum Gasteiger partial charge on any atom is -0.488 e. The predicted octanol–water partition coefficient (Wildman–Crippen LogP) is 6.23. The van der Waals surface area contributed by atoms with Crippen LogP contribution in [0.4, 0.5) is 0 Å². The molecule has 1 aliphatic heterocycles. The molecule has 1 saturated heterocycles. The molecule has 0 N–H and O–H groups in total. The number of thioether (sulfide) groups is 1. The molecule has 1 heterocycles.